The first-order valence-electron chi connectivity index (χ1n) is 4.65. The zero-order valence-electron chi connectivity index (χ0n) is 8.12. The summed E-state index contributed by atoms with van der Waals surface area (Å²) in [6.45, 7) is 3.77. The van der Waals surface area contributed by atoms with Gasteiger partial charge >= 0.3 is 0 Å². The lowest BCUT2D eigenvalue weighted by Crippen LogP contribution is -2.24. The monoisotopic (exact) mass is 204 g/mol. The Bertz CT molecular complexity index is 290. The van der Waals surface area contributed by atoms with Crippen LogP contribution in [0.3, 0.4) is 0 Å². The van der Waals surface area contributed by atoms with Crippen LogP contribution in [0.15, 0.2) is 0 Å². The van der Waals surface area contributed by atoms with Gasteiger partial charge in [0, 0.05) is 12.8 Å². The highest BCUT2D eigenvalue weighted by molar-refractivity contribution is 7.92. The number of carbonyl (C=O) groups excluding carboxylic acids is 1. The number of ketones is 1. The van der Waals surface area contributed by atoms with Gasteiger partial charge in [-0.2, -0.15) is 0 Å². The Hall–Kier alpha value is -0.380. The van der Waals surface area contributed by atoms with Crippen LogP contribution in [-0.2, 0) is 14.6 Å². The summed E-state index contributed by atoms with van der Waals surface area (Å²) < 4.78 is 23.3. The number of hydrogen-bond donors (Lipinski definition) is 0. The Labute approximate surface area is 79.4 Å². The van der Waals surface area contributed by atoms with Crippen molar-refractivity contribution in [3.63, 3.8) is 0 Å². The number of hydrogen-bond acceptors (Lipinski definition) is 3. The molecule has 0 saturated heterocycles. The molecule has 3 nitrogen and oxygen atoms in total. The van der Waals surface area contributed by atoms with E-state index in [4.69, 9.17) is 0 Å². The molecule has 0 amide bonds. The first kappa shape index (κ1) is 10.7. The standard InChI is InChI=1S/C9H16O3S/c1-7(2)6-13(11,12)9-4-3-8(10)5-9/h7,9H,3-6H2,1-2H3. The molecule has 4 heteroatoms. The topological polar surface area (TPSA) is 51.2 Å². The smallest absolute Gasteiger partial charge is 0.153 e. The number of sulfone groups is 1. The molecule has 1 atom stereocenters. The maximum absolute atomic E-state index is 11.6. The third kappa shape index (κ3) is 2.79. The van der Waals surface area contributed by atoms with Crippen molar-refractivity contribution in [3.8, 4) is 0 Å². The minimum atomic E-state index is -3.01. The summed E-state index contributed by atoms with van der Waals surface area (Å²) in [6, 6.07) is 0. The highest BCUT2D eigenvalue weighted by Crippen LogP contribution is 2.23. The molecule has 0 radical (unpaired) electrons. The molecule has 1 unspecified atom stereocenters. The van der Waals surface area contributed by atoms with Crippen molar-refractivity contribution in [3.05, 3.63) is 0 Å². The molecular formula is C9H16O3S. The van der Waals surface area contributed by atoms with E-state index >= 15 is 0 Å². The van der Waals surface area contributed by atoms with Gasteiger partial charge in [0.15, 0.2) is 9.84 Å². The number of carbonyl (C=O) groups is 1. The molecule has 0 aliphatic heterocycles. The van der Waals surface area contributed by atoms with Crippen LogP contribution in [0.5, 0.6) is 0 Å². The van der Waals surface area contributed by atoms with Crippen LogP contribution in [0.25, 0.3) is 0 Å². The van der Waals surface area contributed by atoms with Crippen molar-refractivity contribution in [1.82, 2.24) is 0 Å². The average Bonchev–Trinajstić information content (AvgIpc) is 2.32. The van der Waals surface area contributed by atoms with Crippen LogP contribution in [0.1, 0.15) is 33.1 Å². The molecule has 0 heterocycles. The van der Waals surface area contributed by atoms with E-state index in [0.29, 0.717) is 12.8 Å². The molecule has 0 N–H and O–H groups in total. The lowest BCUT2D eigenvalue weighted by atomic mass is 10.3. The van der Waals surface area contributed by atoms with Gasteiger partial charge in [0.25, 0.3) is 0 Å². The molecule has 1 aliphatic carbocycles. The summed E-state index contributed by atoms with van der Waals surface area (Å²) in [6.07, 6.45) is 1.23. The number of rotatable bonds is 3. The molecule has 1 aliphatic rings. The molecule has 1 fully saturated rings. The predicted molar refractivity (Wildman–Crippen MR) is 51.3 cm³/mol. The first-order valence-corrected chi connectivity index (χ1v) is 6.36. The third-order valence-electron chi connectivity index (χ3n) is 2.27. The lowest BCUT2D eigenvalue weighted by Gasteiger charge is -2.11. The van der Waals surface area contributed by atoms with Crippen LogP contribution in [0.4, 0.5) is 0 Å². The van der Waals surface area contributed by atoms with Crippen LogP contribution in [0.2, 0.25) is 0 Å². The Kier molecular flexibility index (Phi) is 3.11. The zero-order chi connectivity index (χ0) is 10.1. The van der Waals surface area contributed by atoms with Gasteiger partial charge in [-0.05, 0) is 12.3 Å². The Morgan fingerprint density at radius 3 is 2.46 bits per heavy atom. The second-order valence-electron chi connectivity index (χ2n) is 4.13. The normalized spacial score (nSPS) is 24.2. The van der Waals surface area contributed by atoms with Crippen molar-refractivity contribution in [2.45, 2.75) is 38.4 Å². The first-order chi connectivity index (χ1) is 5.92. The summed E-state index contributed by atoms with van der Waals surface area (Å²) in [5, 5.41) is -0.387. The molecule has 0 bridgehead atoms. The summed E-state index contributed by atoms with van der Waals surface area (Å²) in [5.74, 6) is 0.461. The SMILES string of the molecule is CC(C)CS(=O)(=O)C1CCC(=O)C1. The summed E-state index contributed by atoms with van der Waals surface area (Å²) in [5.41, 5.74) is 0. The quantitative estimate of drug-likeness (QED) is 0.693. The van der Waals surface area contributed by atoms with Crippen LogP contribution in [0, 0.1) is 5.92 Å². The van der Waals surface area contributed by atoms with E-state index in [9.17, 15) is 13.2 Å². The molecule has 0 aromatic heterocycles. The fourth-order valence-electron chi connectivity index (χ4n) is 1.69. The maximum atomic E-state index is 11.6. The van der Waals surface area contributed by atoms with Crippen LogP contribution in [-0.4, -0.2) is 25.2 Å². The van der Waals surface area contributed by atoms with Crippen molar-refractivity contribution in [2.75, 3.05) is 5.75 Å². The van der Waals surface area contributed by atoms with Gasteiger partial charge in [-0.15, -0.1) is 0 Å². The molecule has 13 heavy (non-hydrogen) atoms. The fraction of sp³-hybridized carbons (Fsp3) is 0.889. The van der Waals surface area contributed by atoms with Crippen molar-refractivity contribution >= 4 is 15.6 Å². The van der Waals surface area contributed by atoms with E-state index in [1.165, 1.54) is 0 Å². The minimum Gasteiger partial charge on any atom is -0.300 e. The van der Waals surface area contributed by atoms with E-state index in [2.05, 4.69) is 0 Å². The second kappa shape index (κ2) is 3.78. The van der Waals surface area contributed by atoms with E-state index in [0.717, 1.165) is 0 Å². The van der Waals surface area contributed by atoms with Crippen molar-refractivity contribution in [2.24, 2.45) is 5.92 Å². The fourth-order valence-corrected chi connectivity index (χ4v) is 3.81. The lowest BCUT2D eigenvalue weighted by molar-refractivity contribution is -0.117. The second-order valence-corrected chi connectivity index (χ2v) is 6.45. The Morgan fingerprint density at radius 1 is 1.46 bits per heavy atom. The molecule has 1 rings (SSSR count). The average molecular weight is 204 g/mol. The molecular weight excluding hydrogens is 188 g/mol. The van der Waals surface area contributed by atoms with Crippen LogP contribution >= 0.6 is 0 Å². The molecule has 0 aromatic carbocycles. The summed E-state index contributed by atoms with van der Waals surface area (Å²) >= 11 is 0. The van der Waals surface area contributed by atoms with Crippen molar-refractivity contribution in [1.29, 1.82) is 0 Å². The van der Waals surface area contributed by atoms with E-state index < -0.39 is 9.84 Å². The Balaban J connectivity index is 2.65. The van der Waals surface area contributed by atoms with Gasteiger partial charge in [0.05, 0.1) is 11.0 Å². The summed E-state index contributed by atoms with van der Waals surface area (Å²) in [4.78, 5) is 10.9. The molecule has 0 aromatic rings. The third-order valence-corrected chi connectivity index (χ3v) is 4.82. The van der Waals surface area contributed by atoms with Crippen molar-refractivity contribution < 1.29 is 13.2 Å². The highest BCUT2D eigenvalue weighted by Gasteiger charge is 2.33. The van der Waals surface area contributed by atoms with Gasteiger partial charge < -0.3 is 0 Å². The minimum absolute atomic E-state index is 0.0948. The molecule has 0 spiro atoms. The van der Waals surface area contributed by atoms with E-state index in [-0.39, 0.29) is 29.1 Å². The highest BCUT2D eigenvalue weighted by atomic mass is 32.2. The van der Waals surface area contributed by atoms with Gasteiger partial charge in [0.2, 0.25) is 0 Å². The zero-order valence-corrected chi connectivity index (χ0v) is 8.93. The van der Waals surface area contributed by atoms with Gasteiger partial charge in [0.1, 0.15) is 5.78 Å². The molecule has 76 valence electrons. The summed E-state index contributed by atoms with van der Waals surface area (Å²) in [7, 11) is -3.01. The van der Waals surface area contributed by atoms with Gasteiger partial charge in [-0.3, -0.25) is 4.79 Å². The van der Waals surface area contributed by atoms with E-state index in [1.807, 2.05) is 13.8 Å². The molecule has 1 saturated carbocycles. The van der Waals surface area contributed by atoms with E-state index in [1.54, 1.807) is 0 Å². The van der Waals surface area contributed by atoms with Crippen LogP contribution < -0.4 is 0 Å². The largest absolute Gasteiger partial charge is 0.300 e. The number of Topliss-reactive ketones (excluding diaryl/α,β-unsaturated/α-hetero) is 1. The predicted octanol–water partition coefficient (Wildman–Crippen LogP) is 1.18. The van der Waals surface area contributed by atoms with Gasteiger partial charge in [-0.1, -0.05) is 13.8 Å². The Morgan fingerprint density at radius 2 is 2.08 bits per heavy atom. The maximum Gasteiger partial charge on any atom is 0.153 e. The van der Waals surface area contributed by atoms with Gasteiger partial charge in [-0.25, -0.2) is 8.42 Å².